The summed E-state index contributed by atoms with van der Waals surface area (Å²) in [5.41, 5.74) is 0. The quantitative estimate of drug-likeness (QED) is 0.797. The zero-order chi connectivity index (χ0) is 16.3. The summed E-state index contributed by atoms with van der Waals surface area (Å²) in [5, 5.41) is 3.81. The van der Waals surface area contributed by atoms with Gasteiger partial charge in [0.05, 0.1) is 4.90 Å². The molecule has 0 amide bonds. The van der Waals surface area contributed by atoms with Gasteiger partial charge in [0.25, 0.3) is 0 Å². The van der Waals surface area contributed by atoms with Crippen LogP contribution in [0, 0.1) is 0 Å². The molecule has 3 rings (SSSR count). The van der Waals surface area contributed by atoms with Crippen molar-refractivity contribution in [2.45, 2.75) is 36.8 Å². The minimum absolute atomic E-state index is 0.103. The van der Waals surface area contributed by atoms with Crippen LogP contribution in [0.25, 0.3) is 0 Å². The smallest absolute Gasteiger partial charge is 0.242 e. The minimum atomic E-state index is -3.59. The second kappa shape index (κ2) is 6.57. The van der Waals surface area contributed by atoms with E-state index in [9.17, 15) is 8.42 Å². The average Bonchev–Trinajstić information content (AvgIpc) is 2.99. The van der Waals surface area contributed by atoms with Crippen LogP contribution >= 0.6 is 0 Å². The molecule has 1 aliphatic rings. The Morgan fingerprint density at radius 3 is 2.74 bits per heavy atom. The van der Waals surface area contributed by atoms with Crippen LogP contribution in [-0.4, -0.2) is 31.8 Å². The van der Waals surface area contributed by atoms with E-state index in [4.69, 9.17) is 14.0 Å². The monoisotopic (exact) mass is 338 g/mol. The van der Waals surface area contributed by atoms with Gasteiger partial charge in [-0.2, -0.15) is 4.98 Å². The molecule has 0 fully saturated rings. The number of fused-ring (bicyclic) bond motifs is 1. The molecule has 0 atom stereocenters. The van der Waals surface area contributed by atoms with Gasteiger partial charge in [-0.1, -0.05) is 18.5 Å². The van der Waals surface area contributed by atoms with E-state index in [1.54, 1.807) is 6.07 Å². The van der Waals surface area contributed by atoms with Crippen molar-refractivity contribution < 1.29 is 22.4 Å². The number of ether oxygens (including phenoxy) is 2. The molecule has 0 radical (unpaired) electrons. The SMILES string of the molecule is CCCCc1noc(CS(=O)(=O)c2ccc3c(c2)OCCO3)n1. The third-order valence-corrected chi connectivity index (χ3v) is 5.05. The maximum atomic E-state index is 12.5. The van der Waals surface area contributed by atoms with Crippen molar-refractivity contribution in [2.75, 3.05) is 13.2 Å². The highest BCUT2D eigenvalue weighted by atomic mass is 32.2. The van der Waals surface area contributed by atoms with Gasteiger partial charge in [0, 0.05) is 12.5 Å². The summed E-state index contributed by atoms with van der Waals surface area (Å²) in [6.07, 6.45) is 2.64. The Bertz CT molecular complexity index is 785. The number of sulfone groups is 1. The fraction of sp³-hybridized carbons (Fsp3) is 0.467. The Labute approximate surface area is 134 Å². The van der Waals surface area contributed by atoms with Gasteiger partial charge in [-0.05, 0) is 18.6 Å². The van der Waals surface area contributed by atoms with Crippen molar-refractivity contribution in [3.05, 3.63) is 29.9 Å². The second-order valence-electron chi connectivity index (χ2n) is 5.27. The van der Waals surface area contributed by atoms with Gasteiger partial charge in [-0.3, -0.25) is 0 Å². The minimum Gasteiger partial charge on any atom is -0.486 e. The average molecular weight is 338 g/mol. The van der Waals surface area contributed by atoms with Gasteiger partial charge in [0.15, 0.2) is 27.2 Å². The van der Waals surface area contributed by atoms with E-state index in [1.165, 1.54) is 12.1 Å². The molecule has 0 N–H and O–H groups in total. The largest absolute Gasteiger partial charge is 0.486 e. The first kappa shape index (κ1) is 15.8. The van der Waals surface area contributed by atoms with Gasteiger partial charge in [-0.25, -0.2) is 8.42 Å². The summed E-state index contributed by atoms with van der Waals surface area (Å²) in [5.74, 6) is 1.30. The molecule has 124 valence electrons. The van der Waals surface area contributed by atoms with Gasteiger partial charge in [-0.15, -0.1) is 0 Å². The first-order valence-corrected chi connectivity index (χ1v) is 9.17. The van der Waals surface area contributed by atoms with Crippen molar-refractivity contribution in [2.24, 2.45) is 0 Å². The molecular weight excluding hydrogens is 320 g/mol. The lowest BCUT2D eigenvalue weighted by molar-refractivity contribution is 0.171. The Morgan fingerprint density at radius 2 is 1.96 bits per heavy atom. The van der Waals surface area contributed by atoms with Crippen molar-refractivity contribution in [3.63, 3.8) is 0 Å². The third kappa shape index (κ3) is 3.64. The Kier molecular flexibility index (Phi) is 4.51. The third-order valence-electron chi connectivity index (χ3n) is 3.45. The van der Waals surface area contributed by atoms with Gasteiger partial charge in [0.2, 0.25) is 5.89 Å². The lowest BCUT2D eigenvalue weighted by Crippen LogP contribution is -2.16. The topological polar surface area (TPSA) is 91.5 Å². The number of hydrogen-bond donors (Lipinski definition) is 0. The maximum Gasteiger partial charge on any atom is 0.242 e. The molecule has 0 saturated carbocycles. The molecule has 2 heterocycles. The lowest BCUT2D eigenvalue weighted by Gasteiger charge is -2.18. The van der Waals surface area contributed by atoms with Gasteiger partial charge < -0.3 is 14.0 Å². The van der Waals surface area contributed by atoms with Crippen LogP contribution in [0.2, 0.25) is 0 Å². The van der Waals surface area contributed by atoms with Crippen LogP contribution in [0.15, 0.2) is 27.6 Å². The van der Waals surface area contributed by atoms with Crippen molar-refractivity contribution in [1.82, 2.24) is 10.1 Å². The Hall–Kier alpha value is -2.09. The van der Waals surface area contributed by atoms with E-state index in [2.05, 4.69) is 17.1 Å². The molecule has 8 heteroatoms. The molecule has 0 saturated heterocycles. The van der Waals surface area contributed by atoms with Gasteiger partial charge >= 0.3 is 0 Å². The van der Waals surface area contributed by atoms with Crippen molar-refractivity contribution >= 4 is 9.84 Å². The van der Waals surface area contributed by atoms with E-state index < -0.39 is 9.84 Å². The predicted molar refractivity (Wildman–Crippen MR) is 81.2 cm³/mol. The number of nitrogens with zero attached hydrogens (tertiary/aromatic N) is 2. The summed E-state index contributed by atoms with van der Waals surface area (Å²) in [6.45, 7) is 2.93. The lowest BCUT2D eigenvalue weighted by atomic mass is 10.2. The molecule has 1 aromatic carbocycles. The molecular formula is C15H18N2O5S. The van der Waals surface area contributed by atoms with E-state index in [1.807, 2.05) is 0 Å². The highest BCUT2D eigenvalue weighted by Crippen LogP contribution is 2.33. The molecule has 1 aliphatic heterocycles. The van der Waals surface area contributed by atoms with Crippen LogP contribution in [0.3, 0.4) is 0 Å². The predicted octanol–water partition coefficient (Wildman–Crippen LogP) is 2.16. The van der Waals surface area contributed by atoms with E-state index in [0.29, 0.717) is 37.0 Å². The Balaban J connectivity index is 1.77. The van der Waals surface area contributed by atoms with Crippen LogP contribution in [0.1, 0.15) is 31.5 Å². The van der Waals surface area contributed by atoms with Crippen LogP contribution in [0.4, 0.5) is 0 Å². The fourth-order valence-electron chi connectivity index (χ4n) is 2.25. The van der Waals surface area contributed by atoms with Crippen LogP contribution in [0.5, 0.6) is 11.5 Å². The van der Waals surface area contributed by atoms with Crippen molar-refractivity contribution in [1.29, 1.82) is 0 Å². The number of aryl methyl sites for hydroxylation is 1. The summed E-state index contributed by atoms with van der Waals surface area (Å²) in [4.78, 5) is 4.28. The molecule has 2 aromatic rings. The molecule has 0 aliphatic carbocycles. The molecule has 23 heavy (non-hydrogen) atoms. The fourth-order valence-corrected chi connectivity index (χ4v) is 3.42. The van der Waals surface area contributed by atoms with Crippen LogP contribution in [-0.2, 0) is 22.0 Å². The zero-order valence-corrected chi connectivity index (χ0v) is 13.6. The maximum absolute atomic E-state index is 12.5. The highest BCUT2D eigenvalue weighted by Gasteiger charge is 2.22. The highest BCUT2D eigenvalue weighted by molar-refractivity contribution is 7.90. The summed E-state index contributed by atoms with van der Waals surface area (Å²) in [7, 11) is -3.59. The first-order chi connectivity index (χ1) is 11.1. The molecule has 1 aromatic heterocycles. The number of benzene rings is 1. The first-order valence-electron chi connectivity index (χ1n) is 7.52. The summed E-state index contributed by atoms with van der Waals surface area (Å²) < 4.78 is 40.8. The Morgan fingerprint density at radius 1 is 1.17 bits per heavy atom. The number of hydrogen-bond acceptors (Lipinski definition) is 7. The van der Waals surface area contributed by atoms with E-state index >= 15 is 0 Å². The standard InChI is InChI=1S/C15H18N2O5S/c1-2-3-4-14-16-15(22-17-14)10-23(18,19)11-5-6-12-13(9-11)21-8-7-20-12/h5-6,9H,2-4,7-8,10H2,1H3. The zero-order valence-electron chi connectivity index (χ0n) is 12.8. The van der Waals surface area contributed by atoms with E-state index in [-0.39, 0.29) is 16.5 Å². The number of aromatic nitrogens is 2. The molecule has 0 spiro atoms. The molecule has 0 bridgehead atoms. The summed E-state index contributed by atoms with van der Waals surface area (Å²) in [6, 6.07) is 4.57. The van der Waals surface area contributed by atoms with Gasteiger partial charge in [0.1, 0.15) is 19.0 Å². The number of unbranched alkanes of at least 4 members (excludes halogenated alkanes) is 1. The molecule has 7 nitrogen and oxygen atoms in total. The van der Waals surface area contributed by atoms with Crippen molar-refractivity contribution in [3.8, 4) is 11.5 Å². The van der Waals surface area contributed by atoms with E-state index in [0.717, 1.165) is 12.8 Å². The summed E-state index contributed by atoms with van der Waals surface area (Å²) >= 11 is 0. The molecule has 0 unspecified atom stereocenters. The normalized spacial score (nSPS) is 14.0. The second-order valence-corrected chi connectivity index (χ2v) is 7.26. The number of rotatable bonds is 6. The van der Waals surface area contributed by atoms with Crippen LogP contribution < -0.4 is 9.47 Å².